The topological polar surface area (TPSA) is 47.3 Å². The lowest BCUT2D eigenvalue weighted by Crippen LogP contribution is -2.68. The molecule has 0 saturated carbocycles. The van der Waals surface area contributed by atoms with Gasteiger partial charge in [0.2, 0.25) is 9.04 Å². The van der Waals surface area contributed by atoms with E-state index in [-0.39, 0.29) is 5.29 Å². The maximum Gasteiger partial charge on any atom is 0.248 e. The summed E-state index contributed by atoms with van der Waals surface area (Å²) in [5, 5.41) is 3.18. The molecule has 0 bridgehead atoms. The van der Waals surface area contributed by atoms with Crippen molar-refractivity contribution in [2.75, 3.05) is 13.2 Å². The standard InChI is InChI=1S/C10H23N2OSi/c1-4-12-10(11,9(2)3)14-8-6-5-7-13-14/h9,12H,4-8,11H2,1-3H3. The van der Waals surface area contributed by atoms with Gasteiger partial charge in [0.05, 0.1) is 5.29 Å². The van der Waals surface area contributed by atoms with Gasteiger partial charge < -0.3 is 15.5 Å². The molecule has 0 aromatic heterocycles. The Balaban J connectivity index is 2.64. The van der Waals surface area contributed by atoms with Gasteiger partial charge in [-0.15, -0.1) is 0 Å². The molecule has 14 heavy (non-hydrogen) atoms. The minimum absolute atomic E-state index is 0.250. The van der Waals surface area contributed by atoms with E-state index in [9.17, 15) is 0 Å². The van der Waals surface area contributed by atoms with Crippen molar-refractivity contribution in [1.82, 2.24) is 5.32 Å². The molecule has 1 saturated heterocycles. The second-order valence-electron chi connectivity index (χ2n) is 4.28. The third-order valence-electron chi connectivity index (χ3n) is 2.92. The van der Waals surface area contributed by atoms with Gasteiger partial charge in [-0.25, -0.2) is 0 Å². The lowest BCUT2D eigenvalue weighted by atomic mass is 10.1. The molecule has 3 nitrogen and oxygen atoms in total. The highest BCUT2D eigenvalue weighted by Gasteiger charge is 2.41. The van der Waals surface area contributed by atoms with E-state index in [4.69, 9.17) is 10.2 Å². The molecule has 1 radical (unpaired) electrons. The van der Waals surface area contributed by atoms with Crippen molar-refractivity contribution in [3.8, 4) is 0 Å². The molecular formula is C10H23N2OSi. The van der Waals surface area contributed by atoms with Gasteiger partial charge >= 0.3 is 0 Å². The fraction of sp³-hybridized carbons (Fsp3) is 1.00. The van der Waals surface area contributed by atoms with E-state index < -0.39 is 9.04 Å². The first-order valence-electron chi connectivity index (χ1n) is 5.64. The third kappa shape index (κ3) is 2.57. The molecule has 0 amide bonds. The lowest BCUT2D eigenvalue weighted by molar-refractivity contribution is 0.228. The van der Waals surface area contributed by atoms with Crippen LogP contribution in [0.2, 0.25) is 6.04 Å². The van der Waals surface area contributed by atoms with Crippen LogP contribution in [0.15, 0.2) is 0 Å². The van der Waals surface area contributed by atoms with Crippen LogP contribution in [0.4, 0.5) is 0 Å². The number of nitrogens with one attached hydrogen (secondary N) is 1. The first-order chi connectivity index (χ1) is 6.61. The van der Waals surface area contributed by atoms with Crippen LogP contribution in [0.3, 0.4) is 0 Å². The number of hydrogen-bond donors (Lipinski definition) is 2. The van der Waals surface area contributed by atoms with Gasteiger partial charge in [0.1, 0.15) is 0 Å². The lowest BCUT2D eigenvalue weighted by Gasteiger charge is -2.41. The average molecular weight is 215 g/mol. The van der Waals surface area contributed by atoms with Crippen molar-refractivity contribution in [1.29, 1.82) is 0 Å². The number of hydrogen-bond acceptors (Lipinski definition) is 3. The SMILES string of the molecule is CCNC(N)(C(C)C)[Si]1CCCCO1. The first kappa shape index (κ1) is 12.2. The maximum atomic E-state index is 6.44. The highest BCUT2D eigenvalue weighted by Crippen LogP contribution is 2.23. The zero-order valence-electron chi connectivity index (χ0n) is 9.60. The summed E-state index contributed by atoms with van der Waals surface area (Å²) >= 11 is 0. The Labute approximate surface area is 89.1 Å². The summed E-state index contributed by atoms with van der Waals surface area (Å²) in [5.41, 5.74) is 6.44. The Morgan fingerprint density at radius 2 is 2.21 bits per heavy atom. The Kier molecular flexibility index (Phi) is 4.57. The zero-order chi connectivity index (χ0) is 10.6. The van der Waals surface area contributed by atoms with Crippen molar-refractivity contribution in [2.45, 2.75) is 44.9 Å². The van der Waals surface area contributed by atoms with E-state index in [2.05, 4.69) is 26.1 Å². The monoisotopic (exact) mass is 215 g/mol. The van der Waals surface area contributed by atoms with Crippen molar-refractivity contribution in [2.24, 2.45) is 11.7 Å². The van der Waals surface area contributed by atoms with Crippen molar-refractivity contribution in [3.05, 3.63) is 0 Å². The highest BCUT2D eigenvalue weighted by atomic mass is 28.3. The van der Waals surface area contributed by atoms with E-state index in [0.29, 0.717) is 5.92 Å². The summed E-state index contributed by atoms with van der Waals surface area (Å²) in [6, 6.07) is 1.19. The maximum absolute atomic E-state index is 6.44. The summed E-state index contributed by atoms with van der Waals surface area (Å²) in [6.45, 7) is 8.30. The van der Waals surface area contributed by atoms with Crippen LogP contribution >= 0.6 is 0 Å². The molecule has 0 aromatic rings. The Morgan fingerprint density at radius 3 is 2.64 bits per heavy atom. The van der Waals surface area contributed by atoms with Crippen molar-refractivity contribution in [3.63, 3.8) is 0 Å². The minimum atomic E-state index is -0.880. The summed E-state index contributed by atoms with van der Waals surface area (Å²) in [4.78, 5) is 0. The fourth-order valence-corrected chi connectivity index (χ4v) is 4.68. The van der Waals surface area contributed by atoms with Gasteiger partial charge in [0.15, 0.2) is 0 Å². The second-order valence-corrected chi connectivity index (χ2v) is 6.75. The minimum Gasteiger partial charge on any atom is -0.413 e. The average Bonchev–Trinajstić information content (AvgIpc) is 2.19. The molecule has 1 rings (SSSR count). The van der Waals surface area contributed by atoms with Crippen LogP contribution in [0, 0.1) is 5.92 Å². The Bertz CT molecular complexity index is 172. The molecule has 1 fully saturated rings. The van der Waals surface area contributed by atoms with E-state index in [1.165, 1.54) is 18.9 Å². The number of rotatable bonds is 4. The van der Waals surface area contributed by atoms with Crippen molar-refractivity contribution < 1.29 is 4.43 Å². The van der Waals surface area contributed by atoms with E-state index >= 15 is 0 Å². The van der Waals surface area contributed by atoms with Crippen molar-refractivity contribution >= 4 is 9.04 Å². The largest absolute Gasteiger partial charge is 0.413 e. The predicted molar refractivity (Wildman–Crippen MR) is 61.2 cm³/mol. The van der Waals surface area contributed by atoms with E-state index in [1.807, 2.05) is 0 Å². The highest BCUT2D eigenvalue weighted by molar-refractivity contribution is 6.55. The van der Waals surface area contributed by atoms with Crippen LogP contribution in [0.1, 0.15) is 33.6 Å². The molecule has 4 heteroatoms. The van der Waals surface area contributed by atoms with Crippen LogP contribution in [0.25, 0.3) is 0 Å². The summed E-state index contributed by atoms with van der Waals surface area (Å²) in [5.74, 6) is 0.439. The Morgan fingerprint density at radius 1 is 1.50 bits per heavy atom. The fourth-order valence-electron chi connectivity index (χ4n) is 1.90. The molecule has 1 aliphatic heterocycles. The van der Waals surface area contributed by atoms with Gasteiger partial charge in [-0.3, -0.25) is 0 Å². The van der Waals surface area contributed by atoms with Gasteiger partial charge in [0, 0.05) is 6.61 Å². The third-order valence-corrected chi connectivity index (χ3v) is 5.95. The quantitative estimate of drug-likeness (QED) is 0.548. The van der Waals surface area contributed by atoms with Gasteiger partial charge in [0.25, 0.3) is 0 Å². The van der Waals surface area contributed by atoms with Crippen LogP contribution < -0.4 is 11.1 Å². The number of nitrogens with two attached hydrogens (primary N) is 1. The molecule has 0 spiro atoms. The molecule has 0 aliphatic carbocycles. The van der Waals surface area contributed by atoms with E-state index in [1.54, 1.807) is 0 Å². The van der Waals surface area contributed by atoms with Crippen LogP contribution in [0.5, 0.6) is 0 Å². The summed E-state index contributed by atoms with van der Waals surface area (Å²) < 4.78 is 5.87. The van der Waals surface area contributed by atoms with E-state index in [0.717, 1.165) is 13.2 Å². The molecule has 83 valence electrons. The normalized spacial score (nSPS) is 23.8. The Hall–Kier alpha value is 0.0969. The summed E-state index contributed by atoms with van der Waals surface area (Å²) in [7, 11) is -0.880. The molecule has 1 atom stereocenters. The molecule has 3 N–H and O–H groups in total. The molecule has 1 aliphatic rings. The zero-order valence-corrected chi connectivity index (χ0v) is 10.6. The molecule has 0 aromatic carbocycles. The molecular weight excluding hydrogens is 192 g/mol. The first-order valence-corrected chi connectivity index (χ1v) is 7.25. The second kappa shape index (κ2) is 5.26. The smallest absolute Gasteiger partial charge is 0.248 e. The van der Waals surface area contributed by atoms with Gasteiger partial charge in [-0.1, -0.05) is 27.2 Å². The van der Waals surface area contributed by atoms with Gasteiger partial charge in [-0.05, 0) is 24.9 Å². The molecule has 1 heterocycles. The van der Waals surface area contributed by atoms with Crippen LogP contribution in [-0.4, -0.2) is 27.5 Å². The summed E-state index contributed by atoms with van der Waals surface area (Å²) in [6.07, 6.45) is 2.49. The van der Waals surface area contributed by atoms with Crippen LogP contribution in [-0.2, 0) is 4.43 Å². The predicted octanol–water partition coefficient (Wildman–Crippen LogP) is 1.25. The molecule has 1 unspecified atom stereocenters. The van der Waals surface area contributed by atoms with Gasteiger partial charge in [-0.2, -0.15) is 0 Å².